The fourth-order valence-electron chi connectivity index (χ4n) is 3.06. The van der Waals surface area contributed by atoms with Crippen molar-refractivity contribution in [3.05, 3.63) is 16.8 Å². The number of thiophene rings is 1. The van der Waals surface area contributed by atoms with Gasteiger partial charge >= 0.3 is 0 Å². The Bertz CT molecular complexity index is 766. The van der Waals surface area contributed by atoms with Crippen LogP contribution in [-0.2, 0) is 4.79 Å². The van der Waals surface area contributed by atoms with Crippen LogP contribution in [0.25, 0.3) is 10.2 Å². The van der Waals surface area contributed by atoms with E-state index < -0.39 is 0 Å². The number of hydrogen-bond donors (Lipinski definition) is 1. The molecule has 0 aromatic carbocycles. The lowest BCUT2D eigenvalue weighted by molar-refractivity contribution is -0.130. The molecule has 138 valence electrons. The van der Waals surface area contributed by atoms with E-state index >= 15 is 0 Å². The fourth-order valence-corrected chi connectivity index (χ4v) is 5.10. The second kappa shape index (κ2) is 8.20. The summed E-state index contributed by atoms with van der Waals surface area (Å²) in [6, 6.07) is 0. The first-order chi connectivity index (χ1) is 11.4. The third kappa shape index (κ3) is 4.27. The van der Waals surface area contributed by atoms with Crippen LogP contribution < -0.4 is 5.73 Å². The Kier molecular flexibility index (Phi) is 6.70. The molecule has 5 nitrogen and oxygen atoms in total. The van der Waals surface area contributed by atoms with E-state index in [1.54, 1.807) is 29.4 Å². The molecule has 2 N–H and O–H groups in total. The van der Waals surface area contributed by atoms with Crippen molar-refractivity contribution < 1.29 is 4.79 Å². The van der Waals surface area contributed by atoms with Gasteiger partial charge in [-0.1, -0.05) is 6.92 Å². The van der Waals surface area contributed by atoms with Crippen molar-refractivity contribution in [1.29, 1.82) is 0 Å². The zero-order chi connectivity index (χ0) is 17.3. The molecule has 2 aromatic rings. The van der Waals surface area contributed by atoms with Crippen molar-refractivity contribution in [3.63, 3.8) is 0 Å². The third-order valence-electron chi connectivity index (χ3n) is 4.89. The van der Waals surface area contributed by atoms with Gasteiger partial charge in [-0.25, -0.2) is 9.97 Å². The van der Waals surface area contributed by atoms with Crippen molar-refractivity contribution in [2.45, 2.75) is 38.6 Å². The van der Waals surface area contributed by atoms with Gasteiger partial charge < -0.3 is 10.6 Å². The van der Waals surface area contributed by atoms with Crippen LogP contribution in [0.3, 0.4) is 0 Å². The van der Waals surface area contributed by atoms with E-state index in [0.717, 1.165) is 40.5 Å². The zero-order valence-electron chi connectivity index (χ0n) is 14.9. The van der Waals surface area contributed by atoms with E-state index in [4.69, 9.17) is 5.73 Å². The highest BCUT2D eigenvalue weighted by Gasteiger charge is 2.34. The van der Waals surface area contributed by atoms with Crippen LogP contribution in [0.2, 0.25) is 0 Å². The Morgan fingerprint density at radius 3 is 2.88 bits per heavy atom. The van der Waals surface area contributed by atoms with Crippen molar-refractivity contribution in [2.75, 3.05) is 25.4 Å². The predicted molar refractivity (Wildman–Crippen MR) is 108 cm³/mol. The molecule has 25 heavy (non-hydrogen) atoms. The Balaban J connectivity index is 0.00000225. The van der Waals surface area contributed by atoms with E-state index in [0.29, 0.717) is 13.0 Å². The molecule has 1 aliphatic heterocycles. The molecule has 0 radical (unpaired) electrons. The Morgan fingerprint density at radius 2 is 2.20 bits per heavy atom. The Hall–Kier alpha value is -0.890. The summed E-state index contributed by atoms with van der Waals surface area (Å²) in [7, 11) is 0. The number of likely N-dealkylation sites (tertiary alicyclic amines) is 1. The molecule has 1 atom stereocenters. The van der Waals surface area contributed by atoms with Crippen LogP contribution in [0.1, 0.15) is 30.2 Å². The number of nitrogens with two attached hydrogens (primary N) is 1. The Morgan fingerprint density at radius 1 is 1.44 bits per heavy atom. The summed E-state index contributed by atoms with van der Waals surface area (Å²) >= 11 is 3.36. The molecule has 1 saturated heterocycles. The molecule has 0 spiro atoms. The molecule has 0 bridgehead atoms. The number of aryl methyl sites for hydroxylation is 2. The molecule has 1 aliphatic rings. The summed E-state index contributed by atoms with van der Waals surface area (Å²) in [5.41, 5.74) is 7.16. The van der Waals surface area contributed by atoms with Crippen LogP contribution in [-0.4, -0.2) is 46.2 Å². The highest BCUT2D eigenvalue weighted by molar-refractivity contribution is 7.99. The van der Waals surface area contributed by atoms with Crippen molar-refractivity contribution in [3.8, 4) is 0 Å². The summed E-state index contributed by atoms with van der Waals surface area (Å²) in [5.74, 6) is 0.970. The van der Waals surface area contributed by atoms with Gasteiger partial charge in [-0.15, -0.1) is 35.5 Å². The van der Waals surface area contributed by atoms with Gasteiger partial charge in [-0.05, 0) is 37.8 Å². The van der Waals surface area contributed by atoms with Crippen LogP contribution in [0, 0.1) is 19.3 Å². The van der Waals surface area contributed by atoms with Gasteiger partial charge in [-0.3, -0.25) is 4.79 Å². The minimum absolute atomic E-state index is 0. The lowest BCUT2D eigenvalue weighted by atomic mass is 9.90. The predicted octanol–water partition coefficient (Wildman–Crippen LogP) is 3.41. The third-order valence-corrected chi connectivity index (χ3v) is 7.00. The van der Waals surface area contributed by atoms with Crippen molar-refractivity contribution >= 4 is 51.6 Å². The zero-order valence-corrected chi connectivity index (χ0v) is 17.3. The maximum absolute atomic E-state index is 12.4. The van der Waals surface area contributed by atoms with Gasteiger partial charge in [0, 0.05) is 35.5 Å². The molecular formula is C17H25ClN4OS2. The molecule has 3 heterocycles. The molecule has 1 fully saturated rings. The van der Waals surface area contributed by atoms with Crippen LogP contribution in [0.4, 0.5) is 0 Å². The summed E-state index contributed by atoms with van der Waals surface area (Å²) in [5, 5.41) is 2.14. The summed E-state index contributed by atoms with van der Waals surface area (Å²) in [6.45, 7) is 8.65. The topological polar surface area (TPSA) is 72.1 Å². The van der Waals surface area contributed by atoms with E-state index in [9.17, 15) is 4.79 Å². The van der Waals surface area contributed by atoms with Gasteiger partial charge in [0.25, 0.3) is 0 Å². The first kappa shape index (κ1) is 20.4. The fraction of sp³-hybridized carbons (Fsp3) is 0.588. The quantitative estimate of drug-likeness (QED) is 0.615. The van der Waals surface area contributed by atoms with Crippen molar-refractivity contribution in [2.24, 2.45) is 11.1 Å². The number of halogens is 1. The van der Waals surface area contributed by atoms with Crippen LogP contribution in [0.5, 0.6) is 0 Å². The van der Waals surface area contributed by atoms with Gasteiger partial charge in [0.15, 0.2) is 0 Å². The van der Waals surface area contributed by atoms with E-state index in [-0.39, 0.29) is 23.7 Å². The standard InChI is InChI=1S/C17H24N4OS2.ClH/c1-11-12(2)24-16-14(11)15(19-10-20-16)23-7-4-13(22)21-6-5-17(3,8-18)9-21;/h10H,4-9,18H2,1-3H3;1H. The van der Waals surface area contributed by atoms with Gasteiger partial charge in [0.1, 0.15) is 16.2 Å². The second-order valence-corrected chi connectivity index (χ2v) is 9.11. The number of carbonyl (C=O) groups is 1. The van der Waals surface area contributed by atoms with Crippen LogP contribution >= 0.6 is 35.5 Å². The second-order valence-electron chi connectivity index (χ2n) is 6.82. The van der Waals surface area contributed by atoms with Crippen molar-refractivity contribution in [1.82, 2.24) is 14.9 Å². The molecule has 8 heteroatoms. The average molecular weight is 401 g/mol. The lowest BCUT2D eigenvalue weighted by Crippen LogP contribution is -2.34. The SMILES string of the molecule is Cc1sc2ncnc(SCCC(=O)N3CCC(C)(CN)C3)c2c1C.Cl. The number of thioether (sulfide) groups is 1. The molecule has 1 unspecified atom stereocenters. The minimum atomic E-state index is 0. The first-order valence-electron chi connectivity index (χ1n) is 8.25. The normalized spacial score (nSPS) is 20.1. The number of carbonyl (C=O) groups excluding carboxylic acids is 1. The molecule has 0 aliphatic carbocycles. The number of rotatable bonds is 5. The summed E-state index contributed by atoms with van der Waals surface area (Å²) < 4.78 is 0. The molecule has 0 saturated carbocycles. The first-order valence-corrected chi connectivity index (χ1v) is 10.0. The number of nitrogens with zero attached hydrogens (tertiary/aromatic N) is 3. The van der Waals surface area contributed by atoms with Gasteiger partial charge in [0.05, 0.1) is 0 Å². The number of amides is 1. The monoisotopic (exact) mass is 400 g/mol. The van der Waals surface area contributed by atoms with E-state index in [1.807, 2.05) is 4.90 Å². The molecule has 3 rings (SSSR count). The summed E-state index contributed by atoms with van der Waals surface area (Å²) in [6.07, 6.45) is 3.16. The van der Waals surface area contributed by atoms with E-state index in [2.05, 4.69) is 30.7 Å². The maximum atomic E-state index is 12.4. The average Bonchev–Trinajstić information content (AvgIpc) is 3.10. The van der Waals surface area contributed by atoms with E-state index in [1.165, 1.54) is 10.4 Å². The summed E-state index contributed by atoms with van der Waals surface area (Å²) in [4.78, 5) is 25.5. The largest absolute Gasteiger partial charge is 0.342 e. The molecular weight excluding hydrogens is 376 g/mol. The highest BCUT2D eigenvalue weighted by atomic mass is 35.5. The Labute approximate surface area is 163 Å². The highest BCUT2D eigenvalue weighted by Crippen LogP contribution is 2.35. The van der Waals surface area contributed by atoms with Gasteiger partial charge in [-0.2, -0.15) is 0 Å². The number of aromatic nitrogens is 2. The smallest absolute Gasteiger partial charge is 0.223 e. The maximum Gasteiger partial charge on any atom is 0.223 e. The number of fused-ring (bicyclic) bond motifs is 1. The molecule has 1 amide bonds. The molecule has 2 aromatic heterocycles. The number of hydrogen-bond acceptors (Lipinski definition) is 6. The lowest BCUT2D eigenvalue weighted by Gasteiger charge is -2.22. The van der Waals surface area contributed by atoms with Crippen LogP contribution in [0.15, 0.2) is 11.4 Å². The van der Waals surface area contributed by atoms with Gasteiger partial charge in [0.2, 0.25) is 5.91 Å². The minimum Gasteiger partial charge on any atom is -0.342 e.